The van der Waals surface area contributed by atoms with Crippen LogP contribution in [-0.4, -0.2) is 36.7 Å². The van der Waals surface area contributed by atoms with Gasteiger partial charge in [0.2, 0.25) is 0 Å². The van der Waals surface area contributed by atoms with Crippen LogP contribution in [0.15, 0.2) is 0 Å². The number of carboxylic acids is 1. The first-order chi connectivity index (χ1) is 4.83. The molecule has 0 radical (unpaired) electrons. The quantitative estimate of drug-likeness (QED) is 0.448. The summed E-state index contributed by atoms with van der Waals surface area (Å²) in [5, 5.41) is 8.10. The average Bonchev–Trinajstić information content (AvgIpc) is 1.80. The summed E-state index contributed by atoms with van der Waals surface area (Å²) in [6.07, 6.45) is 0. The van der Waals surface area contributed by atoms with Crippen molar-refractivity contribution in [3.63, 3.8) is 0 Å². The van der Waals surface area contributed by atoms with Crippen LogP contribution in [0, 0.1) is 0 Å². The molecule has 4 N–H and O–H groups in total. The molecule has 1 atom stereocenters. The summed E-state index contributed by atoms with van der Waals surface area (Å²) >= 11 is 0. The molecule has 11 heavy (non-hydrogen) atoms. The summed E-state index contributed by atoms with van der Waals surface area (Å²) in [6, 6.07) is -1.46. The van der Waals surface area contributed by atoms with Gasteiger partial charge in [-0.25, -0.2) is 4.18 Å². The molecule has 0 heterocycles. The van der Waals surface area contributed by atoms with E-state index >= 15 is 0 Å². The van der Waals surface area contributed by atoms with Crippen molar-refractivity contribution >= 4 is 16.4 Å². The Bertz CT molecular complexity index is 232. The Labute approximate surface area is 62.7 Å². The van der Waals surface area contributed by atoms with Gasteiger partial charge in [0.05, 0.1) is 6.61 Å². The van der Waals surface area contributed by atoms with Crippen molar-refractivity contribution in [2.75, 3.05) is 6.61 Å². The third-order valence-corrected chi connectivity index (χ3v) is 1.15. The minimum atomic E-state index is -4.60. The number of nitrogens with two attached hydrogens (primary N) is 1. The third kappa shape index (κ3) is 5.73. The first-order valence-electron chi connectivity index (χ1n) is 2.43. The van der Waals surface area contributed by atoms with Gasteiger partial charge in [-0.05, 0) is 0 Å². The molecule has 0 aliphatic carbocycles. The highest BCUT2D eigenvalue weighted by molar-refractivity contribution is 7.80. The van der Waals surface area contributed by atoms with E-state index in [0.29, 0.717) is 0 Å². The smallest absolute Gasteiger partial charge is 0.397 e. The molecule has 0 rings (SSSR count). The molecular weight excluding hydrogens is 184 g/mol. The second kappa shape index (κ2) is 3.62. The molecule has 0 saturated heterocycles. The van der Waals surface area contributed by atoms with Gasteiger partial charge in [0, 0.05) is 0 Å². The van der Waals surface area contributed by atoms with Crippen LogP contribution in [0.1, 0.15) is 0 Å². The van der Waals surface area contributed by atoms with Crippen molar-refractivity contribution in [3.8, 4) is 0 Å². The Morgan fingerprint density at radius 1 is 1.64 bits per heavy atom. The van der Waals surface area contributed by atoms with Crippen LogP contribution in [0.25, 0.3) is 0 Å². The molecule has 0 aliphatic heterocycles. The topological polar surface area (TPSA) is 127 Å². The second-order valence-corrected chi connectivity index (χ2v) is 2.75. The monoisotopic (exact) mass is 191 g/mol. The summed E-state index contributed by atoms with van der Waals surface area (Å²) < 4.78 is 31.3. The van der Waals surface area contributed by atoms with Gasteiger partial charge in [0.1, 0.15) is 6.04 Å². The van der Waals surface area contributed by atoms with Crippen LogP contribution in [0.3, 0.4) is 0 Å². The van der Waals surface area contributed by atoms with Crippen molar-refractivity contribution < 1.29 is 27.1 Å². The van der Waals surface area contributed by atoms with Gasteiger partial charge < -0.3 is 10.8 Å². The Morgan fingerprint density at radius 2 is 2.09 bits per heavy atom. The number of carboxylic acid groups (broad SMARTS) is 1. The van der Waals surface area contributed by atoms with Crippen LogP contribution < -0.4 is 5.73 Å². The van der Waals surface area contributed by atoms with Crippen molar-refractivity contribution in [2.45, 2.75) is 6.04 Å². The zero-order chi connectivity index (χ0) is 9.07. The predicted octanol–water partition coefficient (Wildman–Crippen LogP) is -1.78. The van der Waals surface area contributed by atoms with Crippen molar-refractivity contribution in [3.05, 3.63) is 0 Å². The highest BCUT2D eigenvalue weighted by Gasteiger charge is 2.15. The lowest BCUT2D eigenvalue weighted by atomic mass is 12.2. The summed E-state index contributed by atoms with van der Waals surface area (Å²) in [5.74, 6) is -1.41. The lowest BCUT2D eigenvalue weighted by Crippen LogP contribution is -2.35. The van der Waals surface area contributed by atoms with Gasteiger partial charge in [0.15, 0.2) is 0 Å². The van der Waals surface area contributed by atoms with Crippen LogP contribution >= 0.6 is 0 Å². The Kier molecular flexibility index (Phi) is 3.39. The maximum Gasteiger partial charge on any atom is 0.397 e. The van der Waals surface area contributed by atoms with E-state index in [-0.39, 0.29) is 0 Å². The number of rotatable bonds is 4. The van der Waals surface area contributed by atoms with Crippen LogP contribution in [0.5, 0.6) is 0 Å². The predicted molar refractivity (Wildman–Crippen MR) is 33.1 cm³/mol. The highest BCUT2D eigenvalue weighted by atomic mass is 32.3. The van der Waals surface area contributed by atoms with E-state index in [2.05, 4.69) is 4.18 Å². The van der Waals surface area contributed by atoms with Gasteiger partial charge in [-0.2, -0.15) is 8.42 Å². The fourth-order valence-corrected chi connectivity index (χ4v) is 0.549. The molecule has 0 saturated carbocycles. The largest absolute Gasteiger partial charge is 0.480 e. The lowest BCUT2D eigenvalue weighted by molar-refractivity contribution is -0.139. The minimum Gasteiger partial charge on any atom is -0.480 e. The van der Waals surface area contributed by atoms with E-state index in [1.54, 1.807) is 0 Å². The van der Waals surface area contributed by atoms with Gasteiger partial charge in [-0.3, -0.25) is 9.35 Å². The lowest BCUT2D eigenvalue weighted by Gasteiger charge is -2.03. The SMILES string of the molecule is N[14C@@H]([14CH2]OS(=O)(=O)O)[14C](=O)O. The zero-order valence-electron chi connectivity index (χ0n) is 5.30. The van der Waals surface area contributed by atoms with Gasteiger partial charge >= 0.3 is 16.4 Å². The number of carbonyl (C=O) groups is 1. The fraction of sp³-hybridized carbons (Fsp3) is 0.667. The summed E-state index contributed by atoms with van der Waals surface area (Å²) in [6.45, 7) is -0.784. The molecule has 0 unspecified atom stereocenters. The van der Waals surface area contributed by atoms with Gasteiger partial charge in [0.25, 0.3) is 0 Å². The first-order valence-corrected chi connectivity index (χ1v) is 3.79. The van der Waals surface area contributed by atoms with Gasteiger partial charge in [-0.15, -0.1) is 0 Å². The molecular formula is C3H7NO6S. The molecule has 0 aromatic heterocycles. The molecule has 0 fully saturated rings. The van der Waals surface area contributed by atoms with E-state index in [9.17, 15) is 13.2 Å². The van der Waals surface area contributed by atoms with Crippen molar-refractivity contribution in [1.29, 1.82) is 0 Å². The summed E-state index contributed by atoms with van der Waals surface area (Å²) in [4.78, 5) is 9.93. The average molecular weight is 191 g/mol. The molecule has 0 amide bonds. The minimum absolute atomic E-state index is 0.784. The first kappa shape index (κ1) is 10.3. The molecule has 7 nitrogen and oxygen atoms in total. The van der Waals surface area contributed by atoms with E-state index < -0.39 is 29.0 Å². The van der Waals surface area contributed by atoms with Crippen molar-refractivity contribution in [1.82, 2.24) is 0 Å². The normalized spacial score (nSPS) is 14.4. The van der Waals surface area contributed by atoms with E-state index in [1.165, 1.54) is 0 Å². The number of hydrogen-bond acceptors (Lipinski definition) is 5. The van der Waals surface area contributed by atoms with E-state index in [1.807, 2.05) is 0 Å². The number of hydrogen-bond donors (Lipinski definition) is 3. The zero-order valence-corrected chi connectivity index (χ0v) is 6.11. The van der Waals surface area contributed by atoms with Crippen LogP contribution in [0.2, 0.25) is 0 Å². The fourth-order valence-electron chi connectivity index (χ4n) is 0.231. The maximum atomic E-state index is 9.93. The Morgan fingerprint density at radius 3 is 2.36 bits per heavy atom. The Balaban J connectivity index is 3.82. The van der Waals surface area contributed by atoms with Crippen LogP contribution in [0.4, 0.5) is 0 Å². The molecule has 0 spiro atoms. The Hall–Kier alpha value is -0.700. The molecule has 66 valence electrons. The molecule has 0 aromatic rings. The molecule has 0 aliphatic rings. The van der Waals surface area contributed by atoms with Crippen LogP contribution in [-0.2, 0) is 19.4 Å². The van der Waals surface area contributed by atoms with E-state index in [0.717, 1.165) is 0 Å². The summed E-state index contributed by atoms with van der Waals surface area (Å²) in [7, 11) is -4.60. The molecule has 0 aromatic carbocycles. The standard InChI is InChI=1S/C3H7NO6S/c4-2(3(5)6)1-10-11(7,8)9/h2H,1,4H2,(H,5,6)(H,7,8,9)/t2-/m0/s1/i1+2,2+2,3+2. The van der Waals surface area contributed by atoms with Gasteiger partial charge in [-0.1, -0.05) is 0 Å². The second-order valence-electron chi connectivity index (χ2n) is 1.66. The summed E-state index contributed by atoms with van der Waals surface area (Å²) in [5.41, 5.74) is 4.82. The maximum absolute atomic E-state index is 9.93. The molecule has 8 heteroatoms. The van der Waals surface area contributed by atoms with E-state index in [4.69, 9.17) is 15.4 Å². The molecule has 0 bridgehead atoms. The van der Waals surface area contributed by atoms with Crippen molar-refractivity contribution in [2.24, 2.45) is 5.73 Å². The third-order valence-electron chi connectivity index (χ3n) is 0.714. The number of aliphatic carboxylic acids is 1. The highest BCUT2D eigenvalue weighted by Crippen LogP contribution is 1.88.